The van der Waals surface area contributed by atoms with E-state index in [0.29, 0.717) is 79.4 Å². The van der Waals surface area contributed by atoms with Crippen LogP contribution in [-0.4, -0.2) is 86.6 Å². The third kappa shape index (κ3) is 9.92. The Balaban J connectivity index is 0.945. The predicted molar refractivity (Wildman–Crippen MR) is 240 cm³/mol. The van der Waals surface area contributed by atoms with E-state index in [2.05, 4.69) is 25.6 Å². The highest BCUT2D eigenvalue weighted by Gasteiger charge is 2.43. The first-order chi connectivity index (χ1) is 30.6. The number of carbonyl (C=O) groups excluding carboxylic acids is 1. The van der Waals surface area contributed by atoms with E-state index in [1.165, 1.54) is 4.90 Å². The van der Waals surface area contributed by atoms with E-state index in [0.717, 1.165) is 11.1 Å². The van der Waals surface area contributed by atoms with E-state index in [9.17, 15) is 9.90 Å². The third-order valence-corrected chi connectivity index (χ3v) is 11.2. The van der Waals surface area contributed by atoms with Gasteiger partial charge in [-0.15, -0.1) is 0 Å². The van der Waals surface area contributed by atoms with E-state index < -0.39 is 23.7 Å². The second-order valence-corrected chi connectivity index (χ2v) is 18.2. The van der Waals surface area contributed by atoms with E-state index in [-0.39, 0.29) is 50.5 Å². The van der Waals surface area contributed by atoms with Crippen molar-refractivity contribution in [3.63, 3.8) is 0 Å². The van der Waals surface area contributed by atoms with E-state index in [4.69, 9.17) is 55.9 Å². The van der Waals surface area contributed by atoms with Crippen molar-refractivity contribution in [1.82, 2.24) is 30.5 Å². The molecular formula is C47H50Cl2N6O9. The Kier molecular flexibility index (Phi) is 13.1. The van der Waals surface area contributed by atoms with Gasteiger partial charge < -0.3 is 43.2 Å². The van der Waals surface area contributed by atoms with Gasteiger partial charge in [0, 0.05) is 45.3 Å². The monoisotopic (exact) mass is 912 g/mol. The summed E-state index contributed by atoms with van der Waals surface area (Å²) in [5.74, 6) is 3.71. The van der Waals surface area contributed by atoms with E-state index in [1.807, 2.05) is 90.9 Å². The average molecular weight is 914 g/mol. The molecular weight excluding hydrogens is 863 g/mol. The van der Waals surface area contributed by atoms with Crippen LogP contribution in [0.4, 0.5) is 4.79 Å². The first-order valence-electron chi connectivity index (χ1n) is 21.1. The van der Waals surface area contributed by atoms with Gasteiger partial charge in [-0.1, -0.05) is 54.3 Å². The lowest BCUT2D eigenvalue weighted by atomic mass is 9.84. The van der Waals surface area contributed by atoms with Gasteiger partial charge in [0.2, 0.25) is 11.6 Å². The maximum atomic E-state index is 14.1. The maximum absolute atomic E-state index is 14.1. The van der Waals surface area contributed by atoms with E-state index >= 15 is 0 Å². The van der Waals surface area contributed by atoms with Crippen LogP contribution in [-0.2, 0) is 17.8 Å². The number of aliphatic hydroxyl groups excluding tert-OH is 1. The molecule has 2 aliphatic heterocycles. The molecule has 64 heavy (non-hydrogen) atoms. The van der Waals surface area contributed by atoms with E-state index in [1.54, 1.807) is 30.3 Å². The molecule has 2 N–H and O–H groups in total. The van der Waals surface area contributed by atoms with Crippen LogP contribution in [0.25, 0.3) is 45.7 Å². The summed E-state index contributed by atoms with van der Waals surface area (Å²) in [6, 6.07) is 20.7. The minimum Gasteiger partial charge on any atom is -0.491 e. The first kappa shape index (κ1) is 44.7. The van der Waals surface area contributed by atoms with Gasteiger partial charge in [-0.25, -0.2) is 4.79 Å². The fourth-order valence-corrected chi connectivity index (χ4v) is 7.98. The number of hydrogen-bond acceptors (Lipinski definition) is 14. The summed E-state index contributed by atoms with van der Waals surface area (Å²) in [7, 11) is 0. The molecule has 1 amide bonds. The molecule has 0 bridgehead atoms. The SMILES string of the molecule is CC(C)Oc1ccc(-c2nc(-c3ccc4c(c3)CNC(COC(=O)N3Cc5cc(-c6noc(-c7ccc(OC(C)C)c(Cl)c7)n6)ccc5OC(C(C)(C)C)C3CO)CO4)no2)cc1Cl. The molecule has 0 fully saturated rings. The molecule has 0 spiro atoms. The Morgan fingerprint density at radius 3 is 1.88 bits per heavy atom. The van der Waals surface area contributed by atoms with Gasteiger partial charge in [0.15, 0.2) is 0 Å². The number of nitrogens with one attached hydrogen (secondary N) is 1. The Labute approximate surface area is 380 Å². The summed E-state index contributed by atoms with van der Waals surface area (Å²) in [6.45, 7) is 14.1. The van der Waals surface area contributed by atoms with Gasteiger partial charge in [0.1, 0.15) is 42.3 Å². The fourth-order valence-electron chi connectivity index (χ4n) is 7.53. The highest BCUT2D eigenvalue weighted by atomic mass is 35.5. The molecule has 15 nitrogen and oxygen atoms in total. The number of halogens is 2. The van der Waals surface area contributed by atoms with Crippen LogP contribution in [0.15, 0.2) is 81.8 Å². The minimum atomic E-state index is -0.727. The van der Waals surface area contributed by atoms with Crippen molar-refractivity contribution in [2.75, 3.05) is 19.8 Å². The number of fused-ring (bicyclic) bond motifs is 2. The Bertz CT molecular complexity index is 2630. The molecule has 2 aliphatic rings. The summed E-state index contributed by atoms with van der Waals surface area (Å²) < 4.78 is 41.5. The number of carbonyl (C=O) groups is 1. The summed E-state index contributed by atoms with van der Waals surface area (Å²) in [6.07, 6.45) is -1.25. The molecule has 0 radical (unpaired) electrons. The van der Waals surface area contributed by atoms with Gasteiger partial charge in [0.05, 0.1) is 47.5 Å². The summed E-state index contributed by atoms with van der Waals surface area (Å²) in [5.41, 5.74) is 3.74. The van der Waals surface area contributed by atoms with Gasteiger partial charge >= 0.3 is 6.09 Å². The molecule has 0 saturated carbocycles. The molecule has 6 aromatic rings. The molecule has 336 valence electrons. The van der Waals surface area contributed by atoms with Gasteiger partial charge in [0.25, 0.3) is 11.8 Å². The molecule has 3 unspecified atom stereocenters. The van der Waals surface area contributed by atoms with Crippen molar-refractivity contribution in [3.8, 4) is 68.7 Å². The number of aliphatic hydroxyl groups is 1. The van der Waals surface area contributed by atoms with Crippen LogP contribution in [0.5, 0.6) is 23.0 Å². The molecule has 4 heterocycles. The fraction of sp³-hybridized carbons (Fsp3) is 0.383. The minimum absolute atomic E-state index is 0.000251. The average Bonchev–Trinajstić information content (AvgIpc) is 3.87. The summed E-state index contributed by atoms with van der Waals surface area (Å²) in [4.78, 5) is 24.9. The Morgan fingerprint density at radius 1 is 0.797 bits per heavy atom. The molecule has 0 aliphatic carbocycles. The van der Waals surface area contributed by atoms with Crippen LogP contribution in [0.2, 0.25) is 10.0 Å². The van der Waals surface area contributed by atoms with Crippen LogP contribution in [0, 0.1) is 5.41 Å². The topological polar surface area (TPSA) is 177 Å². The lowest BCUT2D eigenvalue weighted by Crippen LogP contribution is -2.54. The number of rotatable bonds is 11. The largest absolute Gasteiger partial charge is 0.491 e. The predicted octanol–water partition coefficient (Wildman–Crippen LogP) is 9.66. The van der Waals surface area contributed by atoms with Crippen LogP contribution < -0.4 is 24.3 Å². The van der Waals surface area contributed by atoms with Crippen molar-refractivity contribution >= 4 is 29.3 Å². The number of aromatic nitrogens is 4. The molecule has 8 rings (SSSR count). The lowest BCUT2D eigenvalue weighted by Gasteiger charge is -2.39. The number of ether oxygens (including phenoxy) is 5. The lowest BCUT2D eigenvalue weighted by molar-refractivity contribution is -0.0192. The molecule has 0 saturated heterocycles. The van der Waals surface area contributed by atoms with Crippen molar-refractivity contribution < 1.29 is 42.6 Å². The first-order valence-corrected chi connectivity index (χ1v) is 21.8. The number of amides is 1. The van der Waals surface area contributed by atoms with Crippen LogP contribution >= 0.6 is 23.2 Å². The number of benzene rings is 4. The van der Waals surface area contributed by atoms with Crippen molar-refractivity contribution in [3.05, 3.63) is 94.0 Å². The second-order valence-electron chi connectivity index (χ2n) is 17.4. The summed E-state index contributed by atoms with van der Waals surface area (Å²) >= 11 is 12.9. The number of hydrogen-bond donors (Lipinski definition) is 2. The highest BCUT2D eigenvalue weighted by Crippen LogP contribution is 2.39. The van der Waals surface area contributed by atoms with Gasteiger partial charge in [-0.3, -0.25) is 4.90 Å². The quantitative estimate of drug-likeness (QED) is 0.126. The molecule has 2 aromatic heterocycles. The molecule has 17 heteroatoms. The maximum Gasteiger partial charge on any atom is 0.410 e. The van der Waals surface area contributed by atoms with Gasteiger partial charge in [-0.2, -0.15) is 9.97 Å². The van der Waals surface area contributed by atoms with Crippen LogP contribution in [0.1, 0.15) is 59.6 Å². The van der Waals surface area contributed by atoms with Crippen LogP contribution in [0.3, 0.4) is 0 Å². The Hall–Kier alpha value is -5.87. The highest BCUT2D eigenvalue weighted by molar-refractivity contribution is 6.32. The zero-order valence-corrected chi connectivity index (χ0v) is 38.1. The second kappa shape index (κ2) is 18.7. The smallest absolute Gasteiger partial charge is 0.410 e. The molecule has 3 atom stereocenters. The summed E-state index contributed by atoms with van der Waals surface area (Å²) in [5, 5.41) is 23.6. The normalized spacial score (nSPS) is 17.5. The third-order valence-electron chi connectivity index (χ3n) is 10.6. The van der Waals surface area contributed by atoms with Crippen molar-refractivity contribution in [1.29, 1.82) is 0 Å². The molecule has 4 aromatic carbocycles. The van der Waals surface area contributed by atoms with Crippen molar-refractivity contribution in [2.24, 2.45) is 5.41 Å². The zero-order valence-electron chi connectivity index (χ0n) is 36.6. The number of nitrogens with zero attached hydrogens (tertiary/aromatic N) is 5. The standard InChI is InChI=1S/C47H50Cl2N6O9/c1-25(2)60-39-14-10-29(18-34(39)48)44-51-42(53-63-44)27-8-12-37-31(16-27)20-50-33(23-58-37)24-59-46(57)55-21-32-17-28(9-13-38(32)62-41(36(55)22-56)47(5,6)7)43-52-45(64-54-43)30-11-15-40(35(49)19-30)61-26(3)4/h8-19,25-26,33,36,41,50,56H,20-24H2,1-7H3. The van der Waals surface area contributed by atoms with Crippen molar-refractivity contribution in [2.45, 2.75) is 92.0 Å². The van der Waals surface area contributed by atoms with Gasteiger partial charge in [-0.05, 0) is 100 Å². The zero-order chi connectivity index (χ0) is 45.3. The Morgan fingerprint density at radius 2 is 1.34 bits per heavy atom.